The number of thioether (sulfide) groups is 1. The molecule has 0 aromatic rings. The van der Waals surface area contributed by atoms with Gasteiger partial charge < -0.3 is 5.11 Å². The molecule has 0 aliphatic carbocycles. The van der Waals surface area contributed by atoms with Gasteiger partial charge >= 0.3 is 5.97 Å². The summed E-state index contributed by atoms with van der Waals surface area (Å²) in [7, 11) is 0. The van der Waals surface area contributed by atoms with E-state index < -0.39 is 11.4 Å². The lowest BCUT2D eigenvalue weighted by atomic mass is 9.88. The molecule has 14 heavy (non-hydrogen) atoms. The number of hydrogen-bond donors (Lipinski definition) is 1. The number of carbonyl (C=O) groups is 1. The van der Waals surface area contributed by atoms with Crippen LogP contribution < -0.4 is 0 Å². The molecule has 0 saturated carbocycles. The van der Waals surface area contributed by atoms with Gasteiger partial charge in [-0.15, -0.1) is 0 Å². The van der Waals surface area contributed by atoms with Crippen molar-refractivity contribution in [2.24, 2.45) is 5.41 Å². The first-order valence-electron chi connectivity index (χ1n) is 5.32. The summed E-state index contributed by atoms with van der Waals surface area (Å²) in [5.74, 6) is 1.62. The van der Waals surface area contributed by atoms with Gasteiger partial charge in [0.15, 0.2) is 0 Å². The predicted molar refractivity (Wildman–Crippen MR) is 62.9 cm³/mol. The quantitative estimate of drug-likeness (QED) is 0.634. The van der Waals surface area contributed by atoms with Crippen LogP contribution in [0.5, 0.6) is 0 Å². The second kappa shape index (κ2) is 7.16. The van der Waals surface area contributed by atoms with Gasteiger partial charge in [-0.2, -0.15) is 11.8 Å². The molecule has 0 heterocycles. The van der Waals surface area contributed by atoms with E-state index in [9.17, 15) is 4.79 Å². The summed E-state index contributed by atoms with van der Waals surface area (Å²) < 4.78 is 0. The van der Waals surface area contributed by atoms with Gasteiger partial charge in [-0.05, 0) is 44.6 Å². The number of unbranched alkanes of at least 4 members (excludes halogenated alkanes) is 1. The monoisotopic (exact) mass is 218 g/mol. The number of carboxylic acids is 1. The number of carboxylic acid groups (broad SMARTS) is 1. The number of rotatable bonds is 8. The smallest absolute Gasteiger partial charge is 0.309 e. The average Bonchev–Trinajstić information content (AvgIpc) is 2.10. The molecule has 1 N–H and O–H groups in total. The largest absolute Gasteiger partial charge is 0.481 e. The first-order chi connectivity index (χ1) is 6.50. The normalized spacial score (nSPS) is 11.6. The highest BCUT2D eigenvalue weighted by Gasteiger charge is 2.25. The molecule has 0 rings (SSSR count). The van der Waals surface area contributed by atoms with Crippen molar-refractivity contribution in [3.63, 3.8) is 0 Å². The van der Waals surface area contributed by atoms with Crippen molar-refractivity contribution in [2.75, 3.05) is 11.5 Å². The Balaban J connectivity index is 3.40. The van der Waals surface area contributed by atoms with Crippen LogP contribution in [0.1, 0.15) is 46.5 Å². The Labute approximate surface area is 91.5 Å². The first-order valence-corrected chi connectivity index (χ1v) is 6.47. The maximum absolute atomic E-state index is 10.8. The summed E-state index contributed by atoms with van der Waals surface area (Å²) in [6.07, 6.45) is 4.30. The molecule has 3 heteroatoms. The van der Waals surface area contributed by atoms with E-state index in [2.05, 4.69) is 6.92 Å². The Bertz CT molecular complexity index is 167. The second-order valence-corrected chi connectivity index (χ2v) is 5.48. The van der Waals surface area contributed by atoms with Crippen LogP contribution in [0.4, 0.5) is 0 Å². The van der Waals surface area contributed by atoms with Crippen molar-refractivity contribution in [3.8, 4) is 0 Å². The molecule has 0 aromatic carbocycles. The lowest BCUT2D eigenvalue weighted by Crippen LogP contribution is -2.23. The highest BCUT2D eigenvalue weighted by molar-refractivity contribution is 7.99. The van der Waals surface area contributed by atoms with Crippen LogP contribution in [0, 0.1) is 5.41 Å². The van der Waals surface area contributed by atoms with Crippen molar-refractivity contribution in [2.45, 2.75) is 46.5 Å². The SMILES string of the molecule is CCCCSCCCC(C)(C)C(=O)O. The van der Waals surface area contributed by atoms with Crippen LogP contribution in [-0.2, 0) is 4.79 Å². The maximum Gasteiger partial charge on any atom is 0.309 e. The van der Waals surface area contributed by atoms with Crippen molar-refractivity contribution in [1.29, 1.82) is 0 Å². The highest BCUT2D eigenvalue weighted by atomic mass is 32.2. The molecule has 0 atom stereocenters. The molecule has 0 unspecified atom stereocenters. The molecule has 0 aromatic heterocycles. The van der Waals surface area contributed by atoms with Gasteiger partial charge in [-0.25, -0.2) is 0 Å². The lowest BCUT2D eigenvalue weighted by molar-refractivity contribution is -0.147. The van der Waals surface area contributed by atoms with Crippen LogP contribution in [-0.4, -0.2) is 22.6 Å². The minimum Gasteiger partial charge on any atom is -0.481 e. The Morgan fingerprint density at radius 3 is 2.36 bits per heavy atom. The summed E-state index contributed by atoms with van der Waals surface area (Å²) in [6, 6.07) is 0. The topological polar surface area (TPSA) is 37.3 Å². The van der Waals surface area contributed by atoms with Gasteiger partial charge in [0.25, 0.3) is 0 Å². The number of aliphatic carboxylic acids is 1. The fourth-order valence-corrected chi connectivity index (χ4v) is 2.12. The van der Waals surface area contributed by atoms with Gasteiger partial charge in [-0.3, -0.25) is 4.79 Å². The molecule has 0 amide bonds. The first kappa shape index (κ1) is 13.8. The molecule has 0 aliphatic heterocycles. The second-order valence-electron chi connectivity index (χ2n) is 4.26. The van der Waals surface area contributed by atoms with E-state index in [1.54, 1.807) is 13.8 Å². The Hall–Kier alpha value is -0.180. The fourth-order valence-electron chi connectivity index (χ4n) is 1.07. The molecule has 2 nitrogen and oxygen atoms in total. The molecule has 0 radical (unpaired) electrons. The van der Waals surface area contributed by atoms with Gasteiger partial charge in [0.05, 0.1) is 5.41 Å². The minimum absolute atomic E-state index is 0.550. The van der Waals surface area contributed by atoms with E-state index >= 15 is 0 Å². The van der Waals surface area contributed by atoms with Crippen molar-refractivity contribution in [3.05, 3.63) is 0 Å². The zero-order valence-electron chi connectivity index (χ0n) is 9.51. The fraction of sp³-hybridized carbons (Fsp3) is 0.909. The Morgan fingerprint density at radius 2 is 1.86 bits per heavy atom. The molecular weight excluding hydrogens is 196 g/mol. The summed E-state index contributed by atoms with van der Waals surface area (Å²) in [5, 5.41) is 8.88. The molecule has 0 bridgehead atoms. The Kier molecular flexibility index (Phi) is 7.06. The number of hydrogen-bond acceptors (Lipinski definition) is 2. The standard InChI is InChI=1S/C11H22O2S/c1-4-5-8-14-9-6-7-11(2,3)10(12)13/h4-9H2,1-3H3,(H,12,13). The van der Waals surface area contributed by atoms with Crippen LogP contribution in [0.3, 0.4) is 0 Å². The van der Waals surface area contributed by atoms with E-state index in [0.29, 0.717) is 0 Å². The van der Waals surface area contributed by atoms with Gasteiger partial charge in [-0.1, -0.05) is 13.3 Å². The van der Waals surface area contributed by atoms with Crippen LogP contribution in [0.2, 0.25) is 0 Å². The minimum atomic E-state index is -0.684. The third-order valence-electron chi connectivity index (χ3n) is 2.31. The average molecular weight is 218 g/mol. The summed E-state index contributed by atoms with van der Waals surface area (Å²) in [4.78, 5) is 10.8. The van der Waals surface area contributed by atoms with E-state index in [4.69, 9.17) is 5.11 Å². The van der Waals surface area contributed by atoms with Crippen LogP contribution in [0.25, 0.3) is 0 Å². The van der Waals surface area contributed by atoms with Gasteiger partial charge in [0, 0.05) is 0 Å². The maximum atomic E-state index is 10.8. The molecule has 84 valence electrons. The zero-order chi connectivity index (χ0) is 11.0. The van der Waals surface area contributed by atoms with Crippen molar-refractivity contribution >= 4 is 17.7 Å². The molecule has 0 aliphatic rings. The third kappa shape index (κ3) is 6.30. The summed E-state index contributed by atoms with van der Waals surface area (Å²) >= 11 is 1.94. The zero-order valence-corrected chi connectivity index (χ0v) is 10.3. The van der Waals surface area contributed by atoms with Crippen molar-refractivity contribution < 1.29 is 9.90 Å². The molecule has 0 fully saturated rings. The lowest BCUT2D eigenvalue weighted by Gasteiger charge is -2.18. The van der Waals surface area contributed by atoms with Gasteiger partial charge in [0.2, 0.25) is 0 Å². The van der Waals surface area contributed by atoms with E-state index in [1.807, 2.05) is 11.8 Å². The van der Waals surface area contributed by atoms with Gasteiger partial charge in [0.1, 0.15) is 0 Å². The molecule has 0 saturated heterocycles. The Morgan fingerprint density at radius 1 is 1.29 bits per heavy atom. The highest BCUT2D eigenvalue weighted by Crippen LogP contribution is 2.23. The molecular formula is C11H22O2S. The van der Waals surface area contributed by atoms with Crippen LogP contribution in [0.15, 0.2) is 0 Å². The van der Waals surface area contributed by atoms with Crippen molar-refractivity contribution in [1.82, 2.24) is 0 Å². The summed E-state index contributed by atoms with van der Waals surface area (Å²) in [6.45, 7) is 5.78. The van der Waals surface area contributed by atoms with E-state index in [0.717, 1.165) is 18.6 Å². The third-order valence-corrected chi connectivity index (χ3v) is 3.47. The summed E-state index contributed by atoms with van der Waals surface area (Å²) in [5.41, 5.74) is -0.550. The van der Waals surface area contributed by atoms with E-state index in [-0.39, 0.29) is 0 Å². The van der Waals surface area contributed by atoms with E-state index in [1.165, 1.54) is 18.6 Å². The predicted octanol–water partition coefficient (Wildman–Crippen LogP) is 3.41. The molecule has 0 spiro atoms. The van der Waals surface area contributed by atoms with Crippen LogP contribution >= 0.6 is 11.8 Å².